The van der Waals surface area contributed by atoms with Crippen molar-refractivity contribution in [2.24, 2.45) is 0 Å². The fourth-order valence-corrected chi connectivity index (χ4v) is 8.09. The molecule has 25 heavy (non-hydrogen) atoms. The zero-order valence-electron chi connectivity index (χ0n) is 14.6. The number of benzene rings is 1. The number of thiazole rings is 1. The third-order valence-corrected chi connectivity index (χ3v) is 9.89. The fraction of sp³-hybridized carbons (Fsp3) is 0.333. The molecular weight excluding hydrogens is 391 g/mol. The van der Waals surface area contributed by atoms with Crippen LogP contribution in [0.4, 0.5) is 5.13 Å². The second kappa shape index (κ2) is 7.71. The molecule has 0 aliphatic rings. The number of nitrogens with zero attached hydrogens (tertiary/aromatic N) is 1. The average Bonchev–Trinajstić information content (AvgIpc) is 3.15. The van der Waals surface area contributed by atoms with Gasteiger partial charge in [-0.3, -0.25) is 0 Å². The van der Waals surface area contributed by atoms with Crippen molar-refractivity contribution >= 4 is 68.1 Å². The number of rotatable bonds is 6. The summed E-state index contributed by atoms with van der Waals surface area (Å²) < 4.78 is 1.15. The maximum atomic E-state index is 12.4. The van der Waals surface area contributed by atoms with Gasteiger partial charge in [0.15, 0.2) is 0 Å². The molecule has 0 saturated heterocycles. The summed E-state index contributed by atoms with van der Waals surface area (Å²) in [5.41, 5.74) is 2.19. The summed E-state index contributed by atoms with van der Waals surface area (Å²) in [5.74, 6) is -0.0319. The van der Waals surface area contributed by atoms with Gasteiger partial charge in [0.05, 0.1) is 0 Å². The predicted octanol–water partition coefficient (Wildman–Crippen LogP) is 5.24. The molecule has 0 saturated carbocycles. The first-order valence-corrected chi connectivity index (χ1v) is 13.6. The average molecular weight is 413 g/mol. The number of carbonyl (C=O) groups excluding carboxylic acids is 1. The number of nitrogens with one attached hydrogen (secondary N) is 1. The molecule has 7 heteroatoms. The summed E-state index contributed by atoms with van der Waals surface area (Å²) in [6.45, 7) is 6.87. The summed E-state index contributed by atoms with van der Waals surface area (Å²) >= 11 is 9.24. The number of hydrogen-bond acceptors (Lipinski definition) is 4. The van der Waals surface area contributed by atoms with E-state index in [-0.39, 0.29) is 5.91 Å². The zero-order chi connectivity index (χ0) is 18.0. The standard InChI is InChI=1S/C18H22ClN2OPS2/c1-4-7-23(2,3)17-11-25-18(21-17)20-16(22)8-12-10-24-15-6-5-13(19)9-14(12)15/h5-6,9-11,23H,4,7-8H2,1-3H3,(H,20,21,22). The van der Waals surface area contributed by atoms with Gasteiger partial charge >= 0.3 is 162 Å². The SMILES string of the molecule is CCC[PH](C)(C)c1csc(NC(=O)Cc2csc3ccc(Cl)cc23)n1. The molecule has 0 radical (unpaired) electrons. The van der Waals surface area contributed by atoms with E-state index in [2.05, 4.69) is 35.9 Å². The zero-order valence-corrected chi connectivity index (χ0v) is 17.9. The van der Waals surface area contributed by atoms with Gasteiger partial charge in [-0.2, -0.15) is 0 Å². The first kappa shape index (κ1) is 18.8. The molecule has 0 atom stereocenters. The van der Waals surface area contributed by atoms with Crippen LogP contribution in [0.2, 0.25) is 5.02 Å². The Balaban J connectivity index is 1.70. The van der Waals surface area contributed by atoms with Crippen molar-refractivity contribution in [3.05, 3.63) is 39.5 Å². The Morgan fingerprint density at radius 1 is 1.28 bits per heavy atom. The van der Waals surface area contributed by atoms with Crippen molar-refractivity contribution < 1.29 is 4.79 Å². The topological polar surface area (TPSA) is 42.0 Å². The Morgan fingerprint density at radius 2 is 2.08 bits per heavy atom. The molecule has 3 aromatic rings. The second-order valence-corrected chi connectivity index (χ2v) is 13.8. The number of carbonyl (C=O) groups is 1. The van der Waals surface area contributed by atoms with Gasteiger partial charge in [0.2, 0.25) is 0 Å². The summed E-state index contributed by atoms with van der Waals surface area (Å²) in [4.78, 5) is 17.1. The van der Waals surface area contributed by atoms with E-state index in [1.165, 1.54) is 29.4 Å². The van der Waals surface area contributed by atoms with E-state index in [0.717, 1.165) is 15.6 Å². The molecule has 1 N–H and O–H groups in total. The number of aromatic nitrogens is 1. The van der Waals surface area contributed by atoms with Crippen LogP contribution in [0.1, 0.15) is 18.9 Å². The van der Waals surface area contributed by atoms with Crippen LogP contribution in [0.5, 0.6) is 0 Å². The van der Waals surface area contributed by atoms with Crippen LogP contribution >= 0.6 is 41.5 Å². The normalized spacial score (nSPS) is 12.5. The minimum atomic E-state index is -1.48. The molecule has 0 unspecified atom stereocenters. The minimum absolute atomic E-state index is 0.0319. The molecule has 2 heterocycles. The van der Waals surface area contributed by atoms with Crippen LogP contribution < -0.4 is 10.8 Å². The molecule has 134 valence electrons. The van der Waals surface area contributed by atoms with Crippen LogP contribution in [0, 0.1) is 0 Å². The molecule has 0 bridgehead atoms. The fourth-order valence-electron chi connectivity index (χ4n) is 2.92. The van der Waals surface area contributed by atoms with Crippen molar-refractivity contribution in [1.29, 1.82) is 0 Å². The molecule has 1 amide bonds. The monoisotopic (exact) mass is 412 g/mol. The van der Waals surface area contributed by atoms with Crippen molar-refractivity contribution in [1.82, 2.24) is 4.98 Å². The van der Waals surface area contributed by atoms with E-state index < -0.39 is 7.26 Å². The Bertz CT molecular complexity index is 904. The van der Waals surface area contributed by atoms with Gasteiger partial charge in [-0.25, -0.2) is 0 Å². The first-order valence-electron chi connectivity index (χ1n) is 8.30. The second-order valence-electron chi connectivity index (χ2n) is 6.80. The van der Waals surface area contributed by atoms with E-state index in [0.29, 0.717) is 16.6 Å². The third kappa shape index (κ3) is 4.40. The van der Waals surface area contributed by atoms with E-state index in [1.54, 1.807) is 11.3 Å². The molecule has 3 nitrogen and oxygen atoms in total. The summed E-state index contributed by atoms with van der Waals surface area (Å²) in [5, 5.41) is 9.55. The molecule has 0 aliphatic heterocycles. The number of hydrogen-bond donors (Lipinski definition) is 1. The van der Waals surface area contributed by atoms with E-state index >= 15 is 0 Å². The van der Waals surface area contributed by atoms with Gasteiger partial charge in [0, 0.05) is 0 Å². The van der Waals surface area contributed by atoms with Gasteiger partial charge in [-0.05, 0) is 0 Å². The van der Waals surface area contributed by atoms with Crippen molar-refractivity contribution in [3.63, 3.8) is 0 Å². The van der Waals surface area contributed by atoms with Gasteiger partial charge in [0.1, 0.15) is 0 Å². The van der Waals surface area contributed by atoms with Crippen LogP contribution in [0.25, 0.3) is 10.1 Å². The number of anilines is 1. The molecule has 0 spiro atoms. The summed E-state index contributed by atoms with van der Waals surface area (Å²) in [6, 6.07) is 5.80. The molecule has 1 aromatic carbocycles. The summed E-state index contributed by atoms with van der Waals surface area (Å²) in [7, 11) is -1.48. The molecule has 0 aliphatic carbocycles. The van der Waals surface area contributed by atoms with Gasteiger partial charge in [0.25, 0.3) is 0 Å². The van der Waals surface area contributed by atoms with E-state index in [4.69, 9.17) is 11.6 Å². The Labute approximate surface area is 161 Å². The van der Waals surface area contributed by atoms with Crippen LogP contribution in [0.3, 0.4) is 0 Å². The quantitative estimate of drug-likeness (QED) is 0.563. The van der Waals surface area contributed by atoms with Crippen LogP contribution in [-0.4, -0.2) is 30.4 Å². The van der Waals surface area contributed by atoms with Crippen LogP contribution in [0.15, 0.2) is 29.0 Å². The third-order valence-electron chi connectivity index (χ3n) is 4.29. The predicted molar refractivity (Wildman–Crippen MR) is 116 cm³/mol. The van der Waals surface area contributed by atoms with E-state index in [1.807, 2.05) is 23.6 Å². The van der Waals surface area contributed by atoms with Crippen molar-refractivity contribution in [2.45, 2.75) is 19.8 Å². The molecule has 2 aromatic heterocycles. The number of fused-ring (bicyclic) bond motifs is 1. The van der Waals surface area contributed by atoms with Gasteiger partial charge in [-0.1, -0.05) is 0 Å². The number of halogens is 1. The number of amides is 1. The Kier molecular flexibility index (Phi) is 5.79. The van der Waals surface area contributed by atoms with Gasteiger partial charge in [-0.15, -0.1) is 0 Å². The Morgan fingerprint density at radius 3 is 2.84 bits per heavy atom. The molecule has 3 rings (SSSR count). The van der Waals surface area contributed by atoms with Crippen molar-refractivity contribution in [3.8, 4) is 0 Å². The number of thiophene rings is 1. The van der Waals surface area contributed by atoms with Crippen LogP contribution in [-0.2, 0) is 11.2 Å². The Hall–Kier alpha value is -1.00. The summed E-state index contributed by atoms with van der Waals surface area (Å²) in [6.07, 6.45) is 2.73. The van der Waals surface area contributed by atoms with Crippen molar-refractivity contribution in [2.75, 3.05) is 24.8 Å². The first-order chi connectivity index (χ1) is 11.9. The van der Waals surface area contributed by atoms with Gasteiger partial charge < -0.3 is 0 Å². The molecule has 0 fully saturated rings. The molecular formula is C18H22ClN2OPS2. The maximum absolute atomic E-state index is 12.4. The van der Waals surface area contributed by atoms with E-state index in [9.17, 15) is 4.79 Å².